The number of alkyl halides is 1. The second-order valence-corrected chi connectivity index (χ2v) is 2.56. The molecule has 2 heteroatoms. The molecule has 0 aliphatic heterocycles. The van der Waals surface area contributed by atoms with Gasteiger partial charge in [0.15, 0.2) is 0 Å². The molecular weight excluding hydrogens is 134 g/mol. The number of rotatable bonds is 1. The lowest BCUT2D eigenvalue weighted by molar-refractivity contribution is 1.06. The van der Waals surface area contributed by atoms with Crippen molar-refractivity contribution >= 4 is 11.6 Å². The third kappa shape index (κ3) is 1.68. The Morgan fingerprint density at radius 2 is 2.44 bits per heavy atom. The summed E-state index contributed by atoms with van der Waals surface area (Å²) in [5, 5.41) is 0.0682. The van der Waals surface area contributed by atoms with Crippen molar-refractivity contribution in [1.29, 1.82) is 0 Å². The third-order valence-electron chi connectivity index (χ3n) is 1.14. The minimum absolute atomic E-state index is 0.0682. The van der Waals surface area contributed by atoms with Crippen molar-refractivity contribution in [2.45, 2.75) is 12.3 Å². The van der Waals surface area contributed by atoms with Crippen LogP contribution in [-0.4, -0.2) is 4.98 Å². The average molecular weight is 142 g/mol. The lowest BCUT2D eigenvalue weighted by Gasteiger charge is -1.98. The third-order valence-corrected chi connectivity index (χ3v) is 1.40. The molecule has 0 saturated carbocycles. The van der Waals surface area contributed by atoms with Crippen LogP contribution in [0.1, 0.15) is 17.9 Å². The smallest absolute Gasteiger partial charge is 0.0572 e. The summed E-state index contributed by atoms with van der Waals surface area (Å²) in [7, 11) is 0. The van der Waals surface area contributed by atoms with E-state index in [1.54, 1.807) is 12.4 Å². The van der Waals surface area contributed by atoms with Crippen molar-refractivity contribution in [3.63, 3.8) is 0 Å². The monoisotopic (exact) mass is 141 g/mol. The van der Waals surface area contributed by atoms with Crippen molar-refractivity contribution in [2.24, 2.45) is 0 Å². The van der Waals surface area contributed by atoms with E-state index < -0.39 is 0 Å². The van der Waals surface area contributed by atoms with Gasteiger partial charge in [-0.3, -0.25) is 4.98 Å². The first-order valence-corrected chi connectivity index (χ1v) is 3.28. The summed E-state index contributed by atoms with van der Waals surface area (Å²) in [6, 6.07) is 3.85. The van der Waals surface area contributed by atoms with Gasteiger partial charge >= 0.3 is 0 Å². The van der Waals surface area contributed by atoms with E-state index in [9.17, 15) is 0 Å². The zero-order chi connectivity index (χ0) is 6.69. The molecule has 1 rings (SSSR count). The minimum atomic E-state index is 0.0682. The maximum absolute atomic E-state index is 5.76. The first-order valence-electron chi connectivity index (χ1n) is 2.84. The number of hydrogen-bond acceptors (Lipinski definition) is 1. The standard InChI is InChI=1S/C7H8ClN/c1-6(8)7-3-2-4-9-5-7/h2-6H,1H3/t6-/m0/s1. The molecule has 0 amide bonds. The van der Waals surface area contributed by atoms with Crippen molar-refractivity contribution < 1.29 is 0 Å². The Bertz CT molecular complexity index is 172. The Morgan fingerprint density at radius 3 is 2.78 bits per heavy atom. The fourth-order valence-corrected chi connectivity index (χ4v) is 0.740. The fourth-order valence-electron chi connectivity index (χ4n) is 0.611. The summed E-state index contributed by atoms with van der Waals surface area (Å²) >= 11 is 5.76. The Kier molecular flexibility index (Phi) is 2.06. The van der Waals surface area contributed by atoms with E-state index in [0.29, 0.717) is 0 Å². The summed E-state index contributed by atoms with van der Waals surface area (Å²) < 4.78 is 0. The summed E-state index contributed by atoms with van der Waals surface area (Å²) in [5.41, 5.74) is 1.07. The maximum atomic E-state index is 5.76. The van der Waals surface area contributed by atoms with Gasteiger partial charge in [-0.2, -0.15) is 0 Å². The molecule has 1 atom stereocenters. The van der Waals surface area contributed by atoms with Gasteiger partial charge in [-0.15, -0.1) is 11.6 Å². The van der Waals surface area contributed by atoms with Crippen LogP contribution >= 0.6 is 11.6 Å². The quantitative estimate of drug-likeness (QED) is 0.548. The van der Waals surface area contributed by atoms with Gasteiger partial charge in [-0.05, 0) is 18.6 Å². The zero-order valence-corrected chi connectivity index (χ0v) is 5.97. The average Bonchev–Trinajstić information content (AvgIpc) is 1.90. The van der Waals surface area contributed by atoms with Crippen molar-refractivity contribution in [3.05, 3.63) is 30.1 Å². The fraction of sp³-hybridized carbons (Fsp3) is 0.286. The van der Waals surface area contributed by atoms with Gasteiger partial charge in [0, 0.05) is 12.4 Å². The Labute approximate surface area is 59.7 Å². The van der Waals surface area contributed by atoms with Crippen molar-refractivity contribution in [3.8, 4) is 0 Å². The lowest BCUT2D eigenvalue weighted by atomic mass is 10.2. The first kappa shape index (κ1) is 6.56. The van der Waals surface area contributed by atoms with E-state index >= 15 is 0 Å². The van der Waals surface area contributed by atoms with Gasteiger partial charge in [0.1, 0.15) is 0 Å². The van der Waals surface area contributed by atoms with E-state index in [-0.39, 0.29) is 5.38 Å². The number of aromatic nitrogens is 1. The van der Waals surface area contributed by atoms with Crippen LogP contribution in [0.4, 0.5) is 0 Å². The van der Waals surface area contributed by atoms with Crippen LogP contribution in [0, 0.1) is 0 Å². The molecule has 0 radical (unpaired) electrons. The Balaban J connectivity index is 2.85. The molecule has 0 aromatic carbocycles. The molecule has 1 nitrogen and oxygen atoms in total. The predicted molar refractivity (Wildman–Crippen MR) is 38.5 cm³/mol. The first-order chi connectivity index (χ1) is 4.30. The van der Waals surface area contributed by atoms with Crippen molar-refractivity contribution in [2.75, 3.05) is 0 Å². The molecule has 48 valence electrons. The van der Waals surface area contributed by atoms with Gasteiger partial charge in [0.05, 0.1) is 5.38 Å². The van der Waals surface area contributed by atoms with E-state index in [1.165, 1.54) is 0 Å². The van der Waals surface area contributed by atoms with E-state index in [4.69, 9.17) is 11.6 Å². The predicted octanol–water partition coefficient (Wildman–Crippen LogP) is 2.38. The number of hydrogen-bond donors (Lipinski definition) is 0. The molecule has 0 unspecified atom stereocenters. The molecule has 1 aromatic rings. The van der Waals surface area contributed by atoms with Gasteiger partial charge in [-0.25, -0.2) is 0 Å². The van der Waals surface area contributed by atoms with Gasteiger partial charge in [0.25, 0.3) is 0 Å². The molecular formula is C7H8ClN. The van der Waals surface area contributed by atoms with E-state index in [1.807, 2.05) is 19.1 Å². The largest absolute Gasteiger partial charge is 0.264 e. The van der Waals surface area contributed by atoms with Crippen LogP contribution < -0.4 is 0 Å². The molecule has 0 N–H and O–H groups in total. The molecule has 0 spiro atoms. The molecule has 0 saturated heterocycles. The lowest BCUT2D eigenvalue weighted by Crippen LogP contribution is -1.82. The number of nitrogens with zero attached hydrogens (tertiary/aromatic N) is 1. The highest BCUT2D eigenvalue weighted by Gasteiger charge is 1.96. The second kappa shape index (κ2) is 2.83. The highest BCUT2D eigenvalue weighted by atomic mass is 35.5. The molecule has 0 aliphatic rings. The van der Waals surface area contributed by atoms with Crippen LogP contribution in [0.2, 0.25) is 0 Å². The van der Waals surface area contributed by atoms with E-state index in [2.05, 4.69) is 4.98 Å². The molecule has 0 fully saturated rings. The van der Waals surface area contributed by atoms with Gasteiger partial charge in [0.2, 0.25) is 0 Å². The topological polar surface area (TPSA) is 12.9 Å². The summed E-state index contributed by atoms with van der Waals surface area (Å²) in [6.45, 7) is 1.93. The Morgan fingerprint density at radius 1 is 1.67 bits per heavy atom. The molecule has 0 bridgehead atoms. The maximum Gasteiger partial charge on any atom is 0.0572 e. The van der Waals surface area contributed by atoms with Crippen LogP contribution in [-0.2, 0) is 0 Å². The van der Waals surface area contributed by atoms with Crippen LogP contribution in [0.15, 0.2) is 24.5 Å². The summed E-state index contributed by atoms with van der Waals surface area (Å²) in [4.78, 5) is 3.92. The van der Waals surface area contributed by atoms with Crippen LogP contribution in [0.25, 0.3) is 0 Å². The molecule has 0 aliphatic carbocycles. The highest BCUT2D eigenvalue weighted by Crippen LogP contribution is 2.16. The molecule has 9 heavy (non-hydrogen) atoms. The summed E-state index contributed by atoms with van der Waals surface area (Å²) in [5.74, 6) is 0. The molecule has 1 aromatic heterocycles. The zero-order valence-electron chi connectivity index (χ0n) is 5.21. The van der Waals surface area contributed by atoms with Crippen LogP contribution in [0.3, 0.4) is 0 Å². The highest BCUT2D eigenvalue weighted by molar-refractivity contribution is 6.20. The normalized spacial score (nSPS) is 13.1. The van der Waals surface area contributed by atoms with Gasteiger partial charge in [-0.1, -0.05) is 6.07 Å². The van der Waals surface area contributed by atoms with E-state index in [0.717, 1.165) is 5.56 Å². The second-order valence-electron chi connectivity index (χ2n) is 1.90. The SMILES string of the molecule is C[C@H](Cl)c1cccnc1. The number of pyridine rings is 1. The van der Waals surface area contributed by atoms with Gasteiger partial charge < -0.3 is 0 Å². The minimum Gasteiger partial charge on any atom is -0.264 e. The molecule has 1 heterocycles. The van der Waals surface area contributed by atoms with Crippen LogP contribution in [0.5, 0.6) is 0 Å². The Hall–Kier alpha value is -0.560. The summed E-state index contributed by atoms with van der Waals surface area (Å²) in [6.07, 6.45) is 3.51. The number of halogens is 1. The van der Waals surface area contributed by atoms with Crippen molar-refractivity contribution in [1.82, 2.24) is 4.98 Å².